The highest BCUT2D eigenvalue weighted by Crippen LogP contribution is 2.26. The van der Waals surface area contributed by atoms with E-state index in [0.29, 0.717) is 0 Å². The molecule has 0 radical (unpaired) electrons. The van der Waals surface area contributed by atoms with Crippen LogP contribution in [-0.2, 0) is 12.8 Å². The van der Waals surface area contributed by atoms with Crippen molar-refractivity contribution >= 4 is 0 Å². The van der Waals surface area contributed by atoms with Crippen molar-refractivity contribution in [2.24, 2.45) is 0 Å². The van der Waals surface area contributed by atoms with E-state index in [-0.39, 0.29) is 0 Å². The van der Waals surface area contributed by atoms with Gasteiger partial charge < -0.3 is 0 Å². The largest absolute Gasteiger partial charge is 0.0654 e. The van der Waals surface area contributed by atoms with Crippen molar-refractivity contribution in [2.75, 3.05) is 0 Å². The van der Waals surface area contributed by atoms with E-state index in [1.54, 1.807) is 0 Å². The maximum Gasteiger partial charge on any atom is -0.0184 e. The SMILES string of the molecule is CCCCCCCCc1ccc(-c2ccc(-c3ccc(CCC)cc3)cc2)cc1. The summed E-state index contributed by atoms with van der Waals surface area (Å²) in [5.74, 6) is 0. The minimum absolute atomic E-state index is 1.16. The minimum atomic E-state index is 1.16. The Hall–Kier alpha value is -2.34. The third-order valence-electron chi connectivity index (χ3n) is 5.82. The van der Waals surface area contributed by atoms with Crippen LogP contribution in [0.15, 0.2) is 72.8 Å². The first kappa shape index (κ1) is 21.4. The summed E-state index contributed by atoms with van der Waals surface area (Å²) in [7, 11) is 0. The van der Waals surface area contributed by atoms with Crippen LogP contribution in [0.3, 0.4) is 0 Å². The van der Waals surface area contributed by atoms with Crippen molar-refractivity contribution < 1.29 is 0 Å². The van der Waals surface area contributed by atoms with Crippen molar-refractivity contribution in [3.05, 3.63) is 83.9 Å². The van der Waals surface area contributed by atoms with Gasteiger partial charge in [-0.25, -0.2) is 0 Å². The van der Waals surface area contributed by atoms with Crippen molar-refractivity contribution in [1.82, 2.24) is 0 Å². The second-order valence-corrected chi connectivity index (χ2v) is 8.24. The Morgan fingerprint density at radius 3 is 1.21 bits per heavy atom. The summed E-state index contributed by atoms with van der Waals surface area (Å²) in [4.78, 5) is 0. The Labute approximate surface area is 178 Å². The molecular weight excluding hydrogens is 348 g/mol. The zero-order chi connectivity index (χ0) is 20.3. The second-order valence-electron chi connectivity index (χ2n) is 8.24. The molecule has 0 N–H and O–H groups in total. The molecule has 0 heteroatoms. The first-order chi connectivity index (χ1) is 14.3. The molecule has 0 aromatic heterocycles. The maximum atomic E-state index is 2.31. The van der Waals surface area contributed by atoms with E-state index in [9.17, 15) is 0 Å². The molecule has 0 spiro atoms. The third kappa shape index (κ3) is 6.60. The van der Waals surface area contributed by atoms with E-state index >= 15 is 0 Å². The van der Waals surface area contributed by atoms with E-state index in [1.165, 1.54) is 84.7 Å². The molecule has 29 heavy (non-hydrogen) atoms. The quantitative estimate of drug-likeness (QED) is 0.289. The molecule has 0 aliphatic heterocycles. The Balaban J connectivity index is 1.55. The molecule has 0 amide bonds. The summed E-state index contributed by atoms with van der Waals surface area (Å²) in [5, 5.41) is 0. The highest BCUT2D eigenvalue weighted by molar-refractivity contribution is 5.70. The van der Waals surface area contributed by atoms with Crippen LogP contribution in [-0.4, -0.2) is 0 Å². The fourth-order valence-corrected chi connectivity index (χ4v) is 3.98. The molecule has 0 heterocycles. The average molecular weight is 385 g/mol. The Bertz CT molecular complexity index is 823. The van der Waals surface area contributed by atoms with Crippen molar-refractivity contribution in [1.29, 1.82) is 0 Å². The van der Waals surface area contributed by atoms with E-state index in [4.69, 9.17) is 0 Å². The number of hydrogen-bond donors (Lipinski definition) is 0. The van der Waals surface area contributed by atoms with Crippen molar-refractivity contribution in [3.8, 4) is 22.3 Å². The van der Waals surface area contributed by atoms with E-state index < -0.39 is 0 Å². The molecule has 3 aromatic carbocycles. The Morgan fingerprint density at radius 2 is 0.759 bits per heavy atom. The van der Waals surface area contributed by atoms with Crippen LogP contribution in [0.5, 0.6) is 0 Å². The molecule has 0 aliphatic carbocycles. The van der Waals surface area contributed by atoms with Gasteiger partial charge in [-0.15, -0.1) is 0 Å². The van der Waals surface area contributed by atoms with E-state index in [1.807, 2.05) is 0 Å². The summed E-state index contributed by atoms with van der Waals surface area (Å²) in [6, 6.07) is 27.2. The van der Waals surface area contributed by atoms with Gasteiger partial charge in [0.05, 0.1) is 0 Å². The molecule has 0 atom stereocenters. The van der Waals surface area contributed by atoms with Gasteiger partial charge in [-0.05, 0) is 52.6 Å². The average Bonchev–Trinajstić information content (AvgIpc) is 2.78. The molecule has 3 rings (SSSR count). The van der Waals surface area contributed by atoms with Crippen LogP contribution in [0, 0.1) is 0 Å². The zero-order valence-electron chi connectivity index (χ0n) is 18.3. The van der Waals surface area contributed by atoms with Gasteiger partial charge in [0.15, 0.2) is 0 Å². The highest BCUT2D eigenvalue weighted by atomic mass is 14.1. The lowest BCUT2D eigenvalue weighted by Gasteiger charge is -2.08. The summed E-state index contributed by atoms with van der Waals surface area (Å²) in [5.41, 5.74) is 8.08. The number of rotatable bonds is 11. The van der Waals surface area contributed by atoms with Crippen LogP contribution in [0.25, 0.3) is 22.3 Å². The zero-order valence-corrected chi connectivity index (χ0v) is 18.3. The van der Waals surface area contributed by atoms with Crippen LogP contribution in [0.4, 0.5) is 0 Å². The van der Waals surface area contributed by atoms with Gasteiger partial charge in [-0.2, -0.15) is 0 Å². The highest BCUT2D eigenvalue weighted by Gasteiger charge is 2.02. The maximum absolute atomic E-state index is 2.31. The summed E-state index contributed by atoms with van der Waals surface area (Å²) < 4.78 is 0. The lowest BCUT2D eigenvalue weighted by molar-refractivity contribution is 0.607. The lowest BCUT2D eigenvalue weighted by atomic mass is 9.97. The normalized spacial score (nSPS) is 11.0. The van der Waals surface area contributed by atoms with Gasteiger partial charge >= 0.3 is 0 Å². The molecule has 0 saturated carbocycles. The molecule has 0 bridgehead atoms. The minimum Gasteiger partial charge on any atom is -0.0654 e. The van der Waals surface area contributed by atoms with Gasteiger partial charge in [0, 0.05) is 0 Å². The molecule has 0 saturated heterocycles. The topological polar surface area (TPSA) is 0 Å². The standard InChI is InChI=1S/C29H36/c1-3-5-6-7-8-9-11-25-14-18-27(19-15-25)29-22-20-28(21-23-29)26-16-12-24(10-4-2)13-17-26/h12-23H,3-11H2,1-2H3. The smallest absolute Gasteiger partial charge is 0.0184 e. The fourth-order valence-electron chi connectivity index (χ4n) is 3.98. The molecule has 0 nitrogen and oxygen atoms in total. The van der Waals surface area contributed by atoms with Gasteiger partial charge in [-0.1, -0.05) is 125 Å². The summed E-state index contributed by atoms with van der Waals surface area (Å²) in [6.07, 6.45) is 11.7. The lowest BCUT2D eigenvalue weighted by Crippen LogP contribution is -1.87. The van der Waals surface area contributed by atoms with Gasteiger partial charge in [-0.3, -0.25) is 0 Å². The van der Waals surface area contributed by atoms with Crippen LogP contribution >= 0.6 is 0 Å². The molecule has 0 aliphatic rings. The first-order valence-electron chi connectivity index (χ1n) is 11.6. The third-order valence-corrected chi connectivity index (χ3v) is 5.82. The Kier molecular flexibility index (Phi) is 8.56. The summed E-state index contributed by atoms with van der Waals surface area (Å²) >= 11 is 0. The molecule has 3 aromatic rings. The fraction of sp³-hybridized carbons (Fsp3) is 0.379. The molecular formula is C29H36. The monoisotopic (exact) mass is 384 g/mol. The van der Waals surface area contributed by atoms with Crippen LogP contribution in [0.2, 0.25) is 0 Å². The van der Waals surface area contributed by atoms with Gasteiger partial charge in [0.2, 0.25) is 0 Å². The van der Waals surface area contributed by atoms with Crippen LogP contribution in [0.1, 0.15) is 69.9 Å². The van der Waals surface area contributed by atoms with Gasteiger partial charge in [0.25, 0.3) is 0 Å². The molecule has 0 unspecified atom stereocenters. The molecule has 0 fully saturated rings. The molecule has 152 valence electrons. The van der Waals surface area contributed by atoms with Crippen LogP contribution < -0.4 is 0 Å². The Morgan fingerprint density at radius 1 is 0.379 bits per heavy atom. The number of benzene rings is 3. The first-order valence-corrected chi connectivity index (χ1v) is 11.6. The van der Waals surface area contributed by atoms with E-state index in [0.717, 1.165) is 6.42 Å². The van der Waals surface area contributed by atoms with Crippen molar-refractivity contribution in [3.63, 3.8) is 0 Å². The number of unbranched alkanes of at least 4 members (excludes halogenated alkanes) is 5. The summed E-state index contributed by atoms with van der Waals surface area (Å²) in [6.45, 7) is 4.51. The van der Waals surface area contributed by atoms with Gasteiger partial charge in [0.1, 0.15) is 0 Å². The second kappa shape index (κ2) is 11.6. The predicted molar refractivity (Wildman–Crippen MR) is 128 cm³/mol. The van der Waals surface area contributed by atoms with Crippen molar-refractivity contribution in [2.45, 2.75) is 71.6 Å². The predicted octanol–water partition coefficient (Wildman–Crippen LogP) is 8.88. The number of aryl methyl sites for hydroxylation is 2. The van der Waals surface area contributed by atoms with E-state index in [2.05, 4.69) is 86.6 Å². The number of hydrogen-bond acceptors (Lipinski definition) is 0.